The summed E-state index contributed by atoms with van der Waals surface area (Å²) in [5.41, 5.74) is 1.47. The van der Waals surface area contributed by atoms with Crippen LogP contribution in [0.2, 0.25) is 0 Å². The van der Waals surface area contributed by atoms with Crippen LogP contribution in [0.3, 0.4) is 0 Å². The number of ether oxygens (including phenoxy) is 1. The number of nitrogens with one attached hydrogen (secondary N) is 2. The van der Waals surface area contributed by atoms with E-state index in [2.05, 4.69) is 10.3 Å². The monoisotopic (exact) mass is 423 g/mol. The average molecular weight is 424 g/mol. The van der Waals surface area contributed by atoms with Gasteiger partial charge in [-0.25, -0.2) is 0 Å². The van der Waals surface area contributed by atoms with E-state index >= 15 is 0 Å². The normalized spacial score (nSPS) is 15.7. The third-order valence-electron chi connectivity index (χ3n) is 6.26. The number of benzene rings is 1. The van der Waals surface area contributed by atoms with Crippen molar-refractivity contribution in [3.63, 3.8) is 0 Å². The number of hydrogen-bond donors (Lipinski definition) is 2. The molecule has 1 aliphatic heterocycles. The van der Waals surface area contributed by atoms with Crippen LogP contribution >= 0.6 is 0 Å². The quantitative estimate of drug-likeness (QED) is 0.608. The number of nitrogens with zero attached hydrogens (tertiary/aromatic N) is 1. The molecule has 2 amide bonds. The lowest BCUT2D eigenvalue weighted by Gasteiger charge is -2.34. The molecule has 31 heavy (non-hydrogen) atoms. The summed E-state index contributed by atoms with van der Waals surface area (Å²) in [6.45, 7) is 3.87. The number of aromatic nitrogens is 1. The van der Waals surface area contributed by atoms with E-state index in [0.29, 0.717) is 31.7 Å². The zero-order valence-corrected chi connectivity index (χ0v) is 18.0. The molecule has 4 rings (SSSR count). The average Bonchev–Trinajstić information content (AvgIpc) is 3.47. The van der Waals surface area contributed by atoms with Gasteiger partial charge in [0, 0.05) is 48.9 Å². The minimum atomic E-state index is -0.0746. The maximum Gasteiger partial charge on any atom is 0.270 e. The Morgan fingerprint density at radius 2 is 2.06 bits per heavy atom. The minimum absolute atomic E-state index is 0.00386. The van der Waals surface area contributed by atoms with E-state index in [-0.39, 0.29) is 23.7 Å². The Hall–Kier alpha value is -3.22. The lowest BCUT2D eigenvalue weighted by Crippen LogP contribution is -2.43. The van der Waals surface area contributed by atoms with Gasteiger partial charge in [0.15, 0.2) is 0 Å². The highest BCUT2D eigenvalue weighted by molar-refractivity contribution is 5.98. The molecule has 0 spiro atoms. The van der Waals surface area contributed by atoms with E-state index in [1.165, 1.54) is 0 Å². The molecular formula is C24H29N3O4. The first-order chi connectivity index (χ1) is 15.0. The van der Waals surface area contributed by atoms with E-state index in [9.17, 15) is 9.59 Å². The molecule has 0 radical (unpaired) electrons. The lowest BCUT2D eigenvalue weighted by atomic mass is 9.84. The van der Waals surface area contributed by atoms with Crippen molar-refractivity contribution in [3.8, 4) is 5.75 Å². The molecule has 3 aromatic rings. The first-order valence-corrected chi connectivity index (χ1v) is 10.8. The Kier molecular flexibility index (Phi) is 6.30. The highest BCUT2D eigenvalue weighted by Gasteiger charge is 2.30. The molecule has 7 nitrogen and oxygen atoms in total. The van der Waals surface area contributed by atoms with Gasteiger partial charge in [0.2, 0.25) is 5.91 Å². The molecule has 1 aromatic carbocycles. The molecule has 7 heteroatoms. The predicted molar refractivity (Wildman–Crippen MR) is 118 cm³/mol. The molecular weight excluding hydrogens is 394 g/mol. The van der Waals surface area contributed by atoms with E-state index in [0.717, 1.165) is 35.3 Å². The molecule has 0 unspecified atom stereocenters. The Morgan fingerprint density at radius 3 is 2.77 bits per heavy atom. The fourth-order valence-corrected chi connectivity index (χ4v) is 4.26. The molecule has 2 N–H and O–H groups in total. The molecule has 0 saturated carbocycles. The first kappa shape index (κ1) is 21.0. The number of furan rings is 1. The number of hydrogen-bond acceptors (Lipinski definition) is 4. The van der Waals surface area contributed by atoms with Crippen molar-refractivity contribution in [1.82, 2.24) is 15.2 Å². The first-order valence-electron chi connectivity index (χ1n) is 10.8. The number of carbonyl (C=O) groups excluding carboxylic acids is 2. The number of likely N-dealkylation sites (tertiary alicyclic amines) is 1. The van der Waals surface area contributed by atoms with Gasteiger partial charge in [-0.1, -0.05) is 6.92 Å². The van der Waals surface area contributed by atoms with Crippen LogP contribution in [0.4, 0.5) is 0 Å². The van der Waals surface area contributed by atoms with Crippen molar-refractivity contribution in [2.45, 2.75) is 26.2 Å². The second-order valence-electron chi connectivity index (χ2n) is 8.17. The Labute approximate surface area is 181 Å². The number of piperidine rings is 1. The van der Waals surface area contributed by atoms with Crippen molar-refractivity contribution in [2.75, 3.05) is 26.7 Å². The van der Waals surface area contributed by atoms with Crippen LogP contribution in [0.5, 0.6) is 5.75 Å². The van der Waals surface area contributed by atoms with Gasteiger partial charge in [-0.15, -0.1) is 0 Å². The fraction of sp³-hybridized carbons (Fsp3) is 0.417. The maximum absolute atomic E-state index is 13.0. The number of aromatic amines is 1. The molecule has 0 aliphatic carbocycles. The van der Waals surface area contributed by atoms with Crippen LogP contribution < -0.4 is 10.1 Å². The zero-order valence-electron chi connectivity index (χ0n) is 18.0. The zero-order chi connectivity index (χ0) is 21.8. The SMILES string of the molecule is COc1ccc2cc(C(=O)N3CCC([C@H](C)C(=O)NCCc4ccco4)CC3)[nH]c2c1. The van der Waals surface area contributed by atoms with Gasteiger partial charge in [-0.2, -0.15) is 0 Å². The lowest BCUT2D eigenvalue weighted by molar-refractivity contribution is -0.126. The maximum atomic E-state index is 13.0. The van der Waals surface area contributed by atoms with Gasteiger partial charge in [-0.3, -0.25) is 9.59 Å². The van der Waals surface area contributed by atoms with Crippen LogP contribution in [0.25, 0.3) is 10.9 Å². The largest absolute Gasteiger partial charge is 0.497 e. The molecule has 1 saturated heterocycles. The van der Waals surface area contributed by atoms with Crippen molar-refractivity contribution < 1.29 is 18.7 Å². The molecule has 1 aliphatic rings. The highest BCUT2D eigenvalue weighted by atomic mass is 16.5. The molecule has 2 aromatic heterocycles. The topological polar surface area (TPSA) is 87.6 Å². The van der Waals surface area contributed by atoms with E-state index in [1.54, 1.807) is 13.4 Å². The van der Waals surface area contributed by atoms with Crippen LogP contribution in [0, 0.1) is 11.8 Å². The van der Waals surface area contributed by atoms with Crippen molar-refractivity contribution >= 4 is 22.7 Å². The number of carbonyl (C=O) groups is 2. The van der Waals surface area contributed by atoms with Crippen LogP contribution in [-0.2, 0) is 11.2 Å². The molecule has 164 valence electrons. The van der Waals surface area contributed by atoms with Gasteiger partial charge in [0.1, 0.15) is 17.2 Å². The number of amides is 2. The van der Waals surface area contributed by atoms with Crippen molar-refractivity contribution in [3.05, 3.63) is 54.1 Å². The van der Waals surface area contributed by atoms with Crippen LogP contribution in [-0.4, -0.2) is 48.4 Å². The molecule has 1 atom stereocenters. The highest BCUT2D eigenvalue weighted by Crippen LogP contribution is 2.27. The summed E-state index contributed by atoms with van der Waals surface area (Å²) < 4.78 is 10.5. The third kappa shape index (κ3) is 4.76. The van der Waals surface area contributed by atoms with Crippen LogP contribution in [0.1, 0.15) is 36.0 Å². The van der Waals surface area contributed by atoms with Crippen LogP contribution in [0.15, 0.2) is 47.1 Å². The van der Waals surface area contributed by atoms with Gasteiger partial charge >= 0.3 is 0 Å². The van der Waals surface area contributed by atoms with Crippen molar-refractivity contribution in [1.29, 1.82) is 0 Å². The summed E-state index contributed by atoms with van der Waals surface area (Å²) in [5.74, 6) is 1.90. The van der Waals surface area contributed by atoms with Crippen molar-refractivity contribution in [2.24, 2.45) is 11.8 Å². The van der Waals surface area contributed by atoms with Gasteiger partial charge < -0.3 is 24.4 Å². The summed E-state index contributed by atoms with van der Waals surface area (Å²) >= 11 is 0. The number of H-pyrrole nitrogens is 1. The number of methoxy groups -OCH3 is 1. The number of fused-ring (bicyclic) bond motifs is 1. The summed E-state index contributed by atoms with van der Waals surface area (Å²) in [6, 6.07) is 11.4. The summed E-state index contributed by atoms with van der Waals surface area (Å²) in [5, 5.41) is 3.99. The molecule has 1 fully saturated rings. The van der Waals surface area contributed by atoms with E-state index in [4.69, 9.17) is 9.15 Å². The smallest absolute Gasteiger partial charge is 0.270 e. The Bertz CT molecular complexity index is 1030. The Morgan fingerprint density at radius 1 is 1.26 bits per heavy atom. The molecule has 0 bridgehead atoms. The summed E-state index contributed by atoms with van der Waals surface area (Å²) in [7, 11) is 1.63. The van der Waals surface area contributed by atoms with Gasteiger partial charge in [-0.05, 0) is 49.1 Å². The summed E-state index contributed by atoms with van der Waals surface area (Å²) in [4.78, 5) is 30.6. The second kappa shape index (κ2) is 9.29. The third-order valence-corrected chi connectivity index (χ3v) is 6.26. The standard InChI is InChI=1S/C24H29N3O4/c1-16(23(28)25-10-7-19-4-3-13-31-19)17-8-11-27(12-9-17)24(29)22-14-18-5-6-20(30-2)15-21(18)26-22/h3-6,13-17,26H,7-12H2,1-2H3,(H,25,28)/t16-/m0/s1. The fourth-order valence-electron chi connectivity index (χ4n) is 4.26. The number of rotatable bonds is 7. The van der Waals surface area contributed by atoms with Gasteiger partial charge in [0.25, 0.3) is 5.91 Å². The van der Waals surface area contributed by atoms with E-state index < -0.39 is 0 Å². The predicted octanol–water partition coefficient (Wildman–Crippen LogP) is 3.62. The minimum Gasteiger partial charge on any atom is -0.497 e. The van der Waals surface area contributed by atoms with Gasteiger partial charge in [0.05, 0.1) is 13.4 Å². The Balaban J connectivity index is 1.28. The van der Waals surface area contributed by atoms with E-state index in [1.807, 2.05) is 48.2 Å². The summed E-state index contributed by atoms with van der Waals surface area (Å²) in [6.07, 6.45) is 3.98. The second-order valence-corrected chi connectivity index (χ2v) is 8.17. The molecule has 3 heterocycles.